The van der Waals surface area contributed by atoms with Gasteiger partial charge in [-0.2, -0.15) is 4.72 Å². The van der Waals surface area contributed by atoms with Crippen molar-refractivity contribution in [1.82, 2.24) is 4.72 Å². The van der Waals surface area contributed by atoms with Gasteiger partial charge < -0.3 is 14.8 Å². The van der Waals surface area contributed by atoms with Crippen molar-refractivity contribution in [3.05, 3.63) is 83.9 Å². The van der Waals surface area contributed by atoms with Gasteiger partial charge in [-0.25, -0.2) is 8.42 Å². The first-order valence-electron chi connectivity index (χ1n) is 10.6. The SMILES string of the molecule is CCOc1ccc(S(=O)(=O)N[C@@H](Cc2ccccc2)C(=O)Nc2ccccc2OC)cc1C. The molecule has 0 aliphatic rings. The summed E-state index contributed by atoms with van der Waals surface area (Å²) in [6.07, 6.45) is 0.178. The Hall–Kier alpha value is -3.36. The second-order valence-electron chi connectivity index (χ2n) is 7.41. The highest BCUT2D eigenvalue weighted by molar-refractivity contribution is 7.89. The molecule has 8 heteroatoms. The summed E-state index contributed by atoms with van der Waals surface area (Å²) >= 11 is 0. The van der Waals surface area contributed by atoms with E-state index in [9.17, 15) is 13.2 Å². The molecule has 0 saturated heterocycles. The Bertz CT molecular complexity index is 1200. The lowest BCUT2D eigenvalue weighted by molar-refractivity contribution is -0.117. The van der Waals surface area contributed by atoms with Crippen LogP contribution in [0.5, 0.6) is 11.5 Å². The Labute approximate surface area is 194 Å². The number of aryl methyl sites for hydroxylation is 1. The molecule has 7 nitrogen and oxygen atoms in total. The molecule has 1 atom stereocenters. The lowest BCUT2D eigenvalue weighted by Crippen LogP contribution is -2.45. The predicted molar refractivity (Wildman–Crippen MR) is 128 cm³/mol. The van der Waals surface area contributed by atoms with Gasteiger partial charge in [0.25, 0.3) is 0 Å². The zero-order chi connectivity index (χ0) is 23.8. The number of para-hydroxylation sites is 2. The predicted octanol–water partition coefficient (Wildman–Crippen LogP) is 3.93. The van der Waals surface area contributed by atoms with Crippen LogP contribution in [-0.4, -0.2) is 34.1 Å². The van der Waals surface area contributed by atoms with Gasteiger partial charge in [0, 0.05) is 0 Å². The summed E-state index contributed by atoms with van der Waals surface area (Å²) in [6, 6.07) is 19.8. The Morgan fingerprint density at radius 2 is 1.67 bits per heavy atom. The minimum absolute atomic E-state index is 0.0617. The molecule has 0 aliphatic carbocycles. The van der Waals surface area contributed by atoms with E-state index in [1.165, 1.54) is 19.2 Å². The molecule has 0 spiro atoms. The summed E-state index contributed by atoms with van der Waals surface area (Å²) in [5.74, 6) is 0.607. The maximum Gasteiger partial charge on any atom is 0.243 e. The van der Waals surface area contributed by atoms with Crippen LogP contribution in [0.4, 0.5) is 5.69 Å². The smallest absolute Gasteiger partial charge is 0.243 e. The molecular formula is C25H28N2O5S. The van der Waals surface area contributed by atoms with Gasteiger partial charge in [0.15, 0.2) is 0 Å². The molecule has 0 saturated carbocycles. The maximum atomic E-state index is 13.2. The Morgan fingerprint density at radius 1 is 0.970 bits per heavy atom. The molecule has 0 aliphatic heterocycles. The lowest BCUT2D eigenvalue weighted by atomic mass is 10.1. The highest BCUT2D eigenvalue weighted by Gasteiger charge is 2.27. The van der Waals surface area contributed by atoms with E-state index in [1.807, 2.05) is 37.3 Å². The van der Waals surface area contributed by atoms with Crippen molar-refractivity contribution in [1.29, 1.82) is 0 Å². The van der Waals surface area contributed by atoms with Crippen molar-refractivity contribution in [3.63, 3.8) is 0 Å². The molecule has 174 valence electrons. The Morgan fingerprint density at radius 3 is 2.33 bits per heavy atom. The molecule has 0 bridgehead atoms. The lowest BCUT2D eigenvalue weighted by Gasteiger charge is -2.20. The third-order valence-electron chi connectivity index (χ3n) is 5.02. The van der Waals surface area contributed by atoms with Gasteiger partial charge in [0.05, 0.1) is 24.3 Å². The van der Waals surface area contributed by atoms with Crippen LogP contribution in [0.1, 0.15) is 18.1 Å². The van der Waals surface area contributed by atoms with Crippen molar-refractivity contribution in [2.45, 2.75) is 31.2 Å². The minimum Gasteiger partial charge on any atom is -0.495 e. The van der Waals surface area contributed by atoms with Crippen molar-refractivity contribution in [2.75, 3.05) is 19.0 Å². The fourth-order valence-electron chi connectivity index (χ4n) is 3.37. The normalized spacial score (nSPS) is 12.1. The molecule has 0 heterocycles. The molecule has 33 heavy (non-hydrogen) atoms. The molecule has 3 rings (SSSR count). The van der Waals surface area contributed by atoms with Crippen LogP contribution in [0.3, 0.4) is 0 Å². The summed E-state index contributed by atoms with van der Waals surface area (Å²) < 4.78 is 39.7. The van der Waals surface area contributed by atoms with E-state index in [2.05, 4.69) is 10.0 Å². The number of sulfonamides is 1. The van der Waals surface area contributed by atoms with Gasteiger partial charge in [-0.15, -0.1) is 0 Å². The molecule has 0 fully saturated rings. The van der Waals surface area contributed by atoms with Crippen LogP contribution in [0.15, 0.2) is 77.7 Å². The van der Waals surface area contributed by atoms with Crippen LogP contribution in [0, 0.1) is 6.92 Å². The van der Waals surface area contributed by atoms with E-state index < -0.39 is 22.0 Å². The van der Waals surface area contributed by atoms with Crippen LogP contribution in [0.25, 0.3) is 0 Å². The highest BCUT2D eigenvalue weighted by atomic mass is 32.2. The second kappa shape index (κ2) is 11.0. The number of amides is 1. The zero-order valence-electron chi connectivity index (χ0n) is 18.9. The fourth-order valence-corrected chi connectivity index (χ4v) is 4.65. The number of rotatable bonds is 10. The molecule has 0 aromatic heterocycles. The van der Waals surface area contributed by atoms with E-state index in [0.717, 1.165) is 5.56 Å². The Kier molecular flexibility index (Phi) is 8.08. The average molecular weight is 469 g/mol. The number of hydrogen-bond acceptors (Lipinski definition) is 5. The van der Waals surface area contributed by atoms with E-state index in [0.29, 0.717) is 29.4 Å². The zero-order valence-corrected chi connectivity index (χ0v) is 19.7. The van der Waals surface area contributed by atoms with Gasteiger partial charge in [-0.1, -0.05) is 42.5 Å². The molecule has 0 unspecified atom stereocenters. The molecule has 3 aromatic carbocycles. The third kappa shape index (κ3) is 6.34. The second-order valence-corrected chi connectivity index (χ2v) is 9.13. The first-order valence-corrected chi connectivity index (χ1v) is 12.1. The average Bonchev–Trinajstić information content (AvgIpc) is 2.81. The number of nitrogens with one attached hydrogen (secondary N) is 2. The van der Waals surface area contributed by atoms with Crippen LogP contribution >= 0.6 is 0 Å². The Balaban J connectivity index is 1.89. The molecular weight excluding hydrogens is 440 g/mol. The largest absolute Gasteiger partial charge is 0.495 e. The maximum absolute atomic E-state index is 13.2. The summed E-state index contributed by atoms with van der Waals surface area (Å²) in [5.41, 5.74) is 1.97. The third-order valence-corrected chi connectivity index (χ3v) is 6.49. The summed E-state index contributed by atoms with van der Waals surface area (Å²) in [4.78, 5) is 13.2. The van der Waals surface area contributed by atoms with Gasteiger partial charge in [0.1, 0.15) is 17.5 Å². The standard InChI is InChI=1S/C25H28N2O5S/c1-4-32-23-15-14-20(16-18(23)2)33(29,30)27-22(17-19-10-6-5-7-11-19)25(28)26-21-12-8-9-13-24(21)31-3/h5-16,22,27H,4,17H2,1-3H3,(H,26,28)/t22-/m0/s1. The first-order chi connectivity index (χ1) is 15.8. The van der Waals surface area contributed by atoms with Crippen LogP contribution < -0.4 is 19.5 Å². The first kappa shape index (κ1) is 24.3. The van der Waals surface area contributed by atoms with E-state index >= 15 is 0 Å². The number of benzene rings is 3. The summed E-state index contributed by atoms with van der Waals surface area (Å²) in [5, 5.41) is 2.78. The van der Waals surface area contributed by atoms with E-state index in [-0.39, 0.29) is 11.3 Å². The molecule has 0 radical (unpaired) electrons. The number of anilines is 1. The molecule has 3 aromatic rings. The number of hydrogen-bond donors (Lipinski definition) is 2. The van der Waals surface area contributed by atoms with Crippen LogP contribution in [-0.2, 0) is 21.2 Å². The number of methoxy groups -OCH3 is 1. The number of carbonyl (C=O) groups is 1. The number of ether oxygens (including phenoxy) is 2. The van der Waals surface area contributed by atoms with Gasteiger partial charge in [0.2, 0.25) is 15.9 Å². The monoisotopic (exact) mass is 468 g/mol. The van der Waals surface area contributed by atoms with E-state index in [4.69, 9.17) is 9.47 Å². The van der Waals surface area contributed by atoms with Crippen LogP contribution in [0.2, 0.25) is 0 Å². The van der Waals surface area contributed by atoms with E-state index in [1.54, 1.807) is 37.3 Å². The summed E-state index contributed by atoms with van der Waals surface area (Å²) in [6.45, 7) is 4.12. The van der Waals surface area contributed by atoms with Crippen molar-refractivity contribution in [2.24, 2.45) is 0 Å². The topological polar surface area (TPSA) is 93.7 Å². The fraction of sp³-hybridized carbons (Fsp3) is 0.240. The number of carbonyl (C=O) groups excluding carboxylic acids is 1. The van der Waals surface area contributed by atoms with Gasteiger partial charge in [-0.05, 0) is 61.7 Å². The minimum atomic E-state index is -3.98. The van der Waals surface area contributed by atoms with Crippen molar-refractivity contribution in [3.8, 4) is 11.5 Å². The molecule has 2 N–H and O–H groups in total. The van der Waals surface area contributed by atoms with Crippen molar-refractivity contribution >= 4 is 21.6 Å². The summed E-state index contributed by atoms with van der Waals surface area (Å²) in [7, 11) is -2.48. The highest BCUT2D eigenvalue weighted by Crippen LogP contribution is 2.25. The van der Waals surface area contributed by atoms with Crippen molar-refractivity contribution < 1.29 is 22.7 Å². The van der Waals surface area contributed by atoms with Gasteiger partial charge in [-0.3, -0.25) is 4.79 Å². The quantitative estimate of drug-likeness (QED) is 0.470. The van der Waals surface area contributed by atoms with Gasteiger partial charge >= 0.3 is 0 Å². The molecule has 1 amide bonds.